The molecule has 352 valence electrons. The molecule has 2 heterocycles. The van der Waals surface area contributed by atoms with Gasteiger partial charge in [-0.2, -0.15) is 72.8 Å². The quantitative estimate of drug-likeness (QED) is 0.0495. The molecule has 0 aliphatic carbocycles. The average molecular weight is 1330 g/mol. The summed E-state index contributed by atoms with van der Waals surface area (Å²) in [6.45, 7) is 27.7. The molecule has 0 nitrogen and oxygen atoms in total. The normalized spacial score (nSPS) is 9.97. The maximum atomic E-state index is 7.65. The molecule has 2 aromatic heterocycles. The first kappa shape index (κ1) is 65.1. The zero-order valence-corrected chi connectivity index (χ0v) is 51.3. The molecule has 0 saturated heterocycles. The van der Waals surface area contributed by atoms with Gasteiger partial charge in [-0.25, -0.2) is 22.7 Å². The summed E-state index contributed by atoms with van der Waals surface area (Å²) in [7, 11) is 0.549. The Morgan fingerprint density at radius 1 is 0.375 bits per heavy atom. The second-order valence-electron chi connectivity index (χ2n) is 14.6. The van der Waals surface area contributed by atoms with Crippen LogP contribution in [0.3, 0.4) is 0 Å². The smallest absolute Gasteiger partial charge is 0.365 e. The van der Waals surface area contributed by atoms with Gasteiger partial charge in [-0.3, -0.25) is 11.8 Å². The first-order valence-electron chi connectivity index (χ1n) is 23.4. The van der Waals surface area contributed by atoms with Gasteiger partial charge in [0.25, 0.3) is 0 Å². The number of fused-ring (bicyclic) bond motifs is 2. The molecule has 0 spiro atoms. The minimum Gasteiger partial charge on any atom is -0.365 e. The van der Waals surface area contributed by atoms with E-state index in [0.29, 0.717) is 0 Å². The van der Waals surface area contributed by atoms with E-state index < -0.39 is 0 Å². The van der Waals surface area contributed by atoms with Crippen LogP contribution in [0.4, 0.5) is 0 Å². The van der Waals surface area contributed by atoms with Crippen molar-refractivity contribution in [2.45, 2.75) is 83.1 Å². The standard InChI is InChI=1S/C20H6S2.4C6H15P.2C6H5.2Pt/c1-3-13-17-11-7-5-10-16-20(11)18(14(4-2)22-16)12-8-6-9-15(21-13)19(12)17;4*1-4-7(5-2)6-3;2*1-2-4-6-5-3-1;;/h5-10H;4*4-6H2,1-3H3;2*1-5H;;/q-2;;;;;2*-1;2*+2/p+4. The van der Waals surface area contributed by atoms with Crippen LogP contribution in [0.15, 0.2) is 97.1 Å². The third kappa shape index (κ3) is 22.4. The van der Waals surface area contributed by atoms with E-state index in [4.69, 9.17) is 12.8 Å². The van der Waals surface area contributed by atoms with Crippen molar-refractivity contribution in [2.75, 3.05) is 73.9 Å². The first-order chi connectivity index (χ1) is 30.2. The molecule has 0 aliphatic heterocycles. The summed E-state index contributed by atoms with van der Waals surface area (Å²) in [5.41, 5.74) is 0. The van der Waals surface area contributed by atoms with Gasteiger partial charge >= 0.3 is 42.1 Å². The fraction of sp³-hybridized carbons (Fsp3) is 0.429. The molecule has 7 aromatic rings. The summed E-state index contributed by atoms with van der Waals surface area (Å²) in [6.07, 6.45) is 32.8. The Kier molecular flexibility index (Phi) is 41.7. The van der Waals surface area contributed by atoms with Crippen molar-refractivity contribution in [1.29, 1.82) is 0 Å². The van der Waals surface area contributed by atoms with Crippen molar-refractivity contribution in [3.63, 3.8) is 0 Å². The summed E-state index contributed by atoms with van der Waals surface area (Å²) in [4.78, 5) is 1.76. The van der Waals surface area contributed by atoms with Crippen molar-refractivity contribution >= 4 is 96.1 Å². The van der Waals surface area contributed by atoms with E-state index in [1.807, 2.05) is 60.7 Å². The number of benzene rings is 5. The van der Waals surface area contributed by atoms with Crippen LogP contribution in [-0.2, 0) is 42.1 Å². The molecule has 0 atom stereocenters. The van der Waals surface area contributed by atoms with Crippen molar-refractivity contribution in [3.8, 4) is 11.8 Å². The maximum Gasteiger partial charge on any atom is 2.00 e. The number of rotatable bonds is 12. The van der Waals surface area contributed by atoms with E-state index in [0.717, 1.165) is 31.3 Å². The largest absolute Gasteiger partial charge is 2.00 e. The van der Waals surface area contributed by atoms with E-state index in [9.17, 15) is 0 Å². The zero-order chi connectivity index (χ0) is 46.1. The topological polar surface area (TPSA) is 0 Å². The SMILES string of the molecule is CC[PH+](CC)CC.CC[PH+](CC)CC.CC[PH+](CC)CC.CC[PH+](CC)CC.[C-]#Cc1sc2cccc3c4c(C#[C-])sc5cccc(c1c23)c54.[Pt+2].[Pt+2].[c-]1ccccc1.[c-]1ccccc1. The number of thiophene rings is 2. The van der Waals surface area contributed by atoms with Gasteiger partial charge in [-0.15, -0.1) is 0 Å². The molecule has 0 bridgehead atoms. The van der Waals surface area contributed by atoms with Gasteiger partial charge in [-0.1, -0.05) is 44.8 Å². The molecule has 0 N–H and O–H groups in total. The molecular weight excluding hydrogens is 1250 g/mol. The Hall–Kier alpha value is -0.983. The van der Waals surface area contributed by atoms with E-state index in [2.05, 4.69) is 143 Å². The average Bonchev–Trinajstić information content (AvgIpc) is 3.93. The summed E-state index contributed by atoms with van der Waals surface area (Å²) >= 11 is 3.22. The first-order valence-corrected chi connectivity index (χ1v) is 33.5. The molecular formula is C56H80P4Pt2S2+4. The summed E-state index contributed by atoms with van der Waals surface area (Å²) in [5, 5.41) is 6.94. The monoisotopic (exact) mass is 1330 g/mol. The zero-order valence-electron chi connectivity index (χ0n) is 41.2. The Morgan fingerprint density at radius 3 is 0.781 bits per heavy atom. The van der Waals surface area contributed by atoms with Crippen LogP contribution in [0.5, 0.6) is 0 Å². The molecule has 8 heteroatoms. The third-order valence-corrected chi connectivity index (χ3v) is 25.6. The van der Waals surface area contributed by atoms with Crippen molar-refractivity contribution in [3.05, 3.63) is 132 Å². The van der Waals surface area contributed by atoms with Crippen LogP contribution in [0.1, 0.15) is 92.8 Å². The Labute approximate surface area is 435 Å². The number of hydrogen-bond acceptors (Lipinski definition) is 2. The second kappa shape index (κ2) is 41.0. The van der Waals surface area contributed by atoms with Gasteiger partial charge < -0.3 is 12.8 Å². The molecule has 0 fully saturated rings. The fourth-order valence-corrected chi connectivity index (χ4v) is 15.2. The predicted molar refractivity (Wildman–Crippen MR) is 306 cm³/mol. The van der Waals surface area contributed by atoms with Crippen molar-refractivity contribution in [1.82, 2.24) is 0 Å². The second-order valence-corrected chi connectivity index (χ2v) is 31.2. The van der Waals surface area contributed by atoms with Gasteiger partial charge in [0.2, 0.25) is 0 Å². The van der Waals surface area contributed by atoms with Crippen molar-refractivity contribution < 1.29 is 42.1 Å². The number of hydrogen-bond donors (Lipinski definition) is 0. The molecule has 64 heavy (non-hydrogen) atoms. The minimum absolute atomic E-state index is 0. The van der Waals surface area contributed by atoms with Crippen LogP contribution in [-0.4, -0.2) is 73.9 Å². The Bertz CT molecular complexity index is 1930. The van der Waals surface area contributed by atoms with Gasteiger partial charge in [0, 0.05) is 9.40 Å². The molecule has 0 aliphatic rings. The molecule has 0 amide bonds. The van der Waals surface area contributed by atoms with Gasteiger partial charge in [0.05, 0.1) is 73.9 Å². The summed E-state index contributed by atoms with van der Waals surface area (Å²) < 4.78 is 2.35. The Morgan fingerprint density at radius 2 is 0.625 bits per heavy atom. The van der Waals surface area contributed by atoms with Crippen LogP contribution in [0, 0.1) is 36.8 Å². The van der Waals surface area contributed by atoms with Crippen LogP contribution in [0.2, 0.25) is 0 Å². The third-order valence-electron chi connectivity index (χ3n) is 11.4. The van der Waals surface area contributed by atoms with E-state index in [1.165, 1.54) is 94.1 Å². The Balaban J connectivity index is 0. The molecule has 7 rings (SSSR count). The minimum atomic E-state index is 0. The molecule has 0 unspecified atom stereocenters. The fourth-order valence-electron chi connectivity index (χ4n) is 7.09. The molecule has 0 saturated carbocycles. The van der Waals surface area contributed by atoms with Crippen molar-refractivity contribution in [2.24, 2.45) is 0 Å². The van der Waals surface area contributed by atoms with Gasteiger partial charge in [0.1, 0.15) is 0 Å². The van der Waals surface area contributed by atoms with E-state index in [1.54, 1.807) is 22.7 Å². The maximum absolute atomic E-state index is 7.65. The van der Waals surface area contributed by atoms with Crippen LogP contribution >= 0.6 is 54.4 Å². The summed E-state index contributed by atoms with van der Waals surface area (Å²) in [5.74, 6) is 5.22. The van der Waals surface area contributed by atoms with Gasteiger partial charge in [-0.05, 0) is 148 Å². The van der Waals surface area contributed by atoms with E-state index >= 15 is 0 Å². The molecule has 0 radical (unpaired) electrons. The predicted octanol–water partition coefficient (Wildman–Crippen LogP) is 17.7. The van der Waals surface area contributed by atoms with E-state index in [-0.39, 0.29) is 73.8 Å². The summed E-state index contributed by atoms with van der Waals surface area (Å²) in [6, 6.07) is 37.5. The van der Waals surface area contributed by atoms with Gasteiger partial charge in [0.15, 0.2) is 0 Å². The van der Waals surface area contributed by atoms with Crippen LogP contribution in [0.25, 0.3) is 41.7 Å². The molecule has 5 aromatic carbocycles. The van der Waals surface area contributed by atoms with Crippen LogP contribution < -0.4 is 0 Å².